The smallest absolute Gasteiger partial charge is 0.261 e. The fourth-order valence-electron chi connectivity index (χ4n) is 1.51. The van der Waals surface area contributed by atoms with E-state index in [-0.39, 0.29) is 11.1 Å². The number of carbonyl (C=O) groups excluding carboxylic acids is 4. The Labute approximate surface area is 90.8 Å². The number of nitrogens with zero attached hydrogens (tertiary/aromatic N) is 2. The number of hydrogen-bond donors (Lipinski definition) is 0. The number of imide groups is 2. The van der Waals surface area contributed by atoms with E-state index in [1.807, 2.05) is 0 Å². The zero-order valence-electron chi connectivity index (χ0n) is 8.68. The molecule has 6 heteroatoms. The lowest BCUT2D eigenvalue weighted by molar-refractivity contribution is -0.138. The van der Waals surface area contributed by atoms with E-state index < -0.39 is 23.6 Å². The third-order valence-corrected chi connectivity index (χ3v) is 2.56. The van der Waals surface area contributed by atoms with Crippen LogP contribution in [0.25, 0.3) is 0 Å². The van der Waals surface area contributed by atoms with Crippen molar-refractivity contribution in [1.29, 1.82) is 0 Å². The Balaban J connectivity index is 2.43. The van der Waals surface area contributed by atoms with Crippen LogP contribution < -0.4 is 0 Å². The summed E-state index contributed by atoms with van der Waals surface area (Å²) < 4.78 is 0. The van der Waals surface area contributed by atoms with Gasteiger partial charge in [0.05, 0.1) is 11.1 Å². The third kappa shape index (κ3) is 1.19. The number of rotatable bonds is 1. The predicted molar refractivity (Wildman–Crippen MR) is 51.7 cm³/mol. The van der Waals surface area contributed by atoms with E-state index >= 15 is 0 Å². The molecule has 6 nitrogen and oxygen atoms in total. The van der Waals surface area contributed by atoms with E-state index in [1.54, 1.807) is 0 Å². The van der Waals surface area contributed by atoms with E-state index in [1.165, 1.54) is 14.1 Å². The van der Waals surface area contributed by atoms with Crippen molar-refractivity contribution in [3.05, 3.63) is 23.3 Å². The van der Waals surface area contributed by atoms with Gasteiger partial charge in [-0.15, -0.1) is 0 Å². The average molecular weight is 220 g/mol. The normalized spacial score (nSPS) is 20.9. The molecule has 0 saturated carbocycles. The highest BCUT2D eigenvalue weighted by molar-refractivity contribution is 6.28. The molecule has 82 valence electrons. The van der Waals surface area contributed by atoms with E-state index in [0.717, 1.165) is 22.0 Å². The summed E-state index contributed by atoms with van der Waals surface area (Å²) in [5, 5.41) is 0. The molecule has 0 saturated heterocycles. The minimum absolute atomic E-state index is 0.0183. The molecule has 2 rings (SSSR count). The molecule has 2 aliphatic heterocycles. The molecule has 0 N–H and O–H groups in total. The van der Waals surface area contributed by atoms with Crippen molar-refractivity contribution >= 4 is 23.6 Å². The van der Waals surface area contributed by atoms with E-state index in [9.17, 15) is 19.2 Å². The maximum atomic E-state index is 11.6. The first-order valence-corrected chi connectivity index (χ1v) is 4.51. The molecule has 0 bridgehead atoms. The van der Waals surface area contributed by atoms with E-state index in [0.29, 0.717) is 0 Å². The Kier molecular flexibility index (Phi) is 2.01. The molecular formula is C10H8N2O4. The Bertz CT molecular complexity index is 455. The van der Waals surface area contributed by atoms with Gasteiger partial charge in [-0.25, -0.2) is 0 Å². The van der Waals surface area contributed by atoms with Crippen LogP contribution in [0, 0.1) is 0 Å². The molecule has 0 aromatic heterocycles. The second kappa shape index (κ2) is 3.13. The monoisotopic (exact) mass is 220 g/mol. The van der Waals surface area contributed by atoms with Gasteiger partial charge in [0.15, 0.2) is 0 Å². The number of amides is 4. The molecule has 16 heavy (non-hydrogen) atoms. The van der Waals surface area contributed by atoms with Gasteiger partial charge in [-0.3, -0.25) is 29.0 Å². The molecule has 0 atom stereocenters. The second-order valence-electron chi connectivity index (χ2n) is 3.52. The first-order valence-electron chi connectivity index (χ1n) is 4.51. The van der Waals surface area contributed by atoms with Crippen LogP contribution in [-0.4, -0.2) is 47.5 Å². The summed E-state index contributed by atoms with van der Waals surface area (Å²) in [7, 11) is 2.64. The van der Waals surface area contributed by atoms with Gasteiger partial charge in [0, 0.05) is 26.2 Å². The van der Waals surface area contributed by atoms with Gasteiger partial charge in [-0.2, -0.15) is 0 Å². The zero-order valence-corrected chi connectivity index (χ0v) is 8.68. The highest BCUT2D eigenvalue weighted by atomic mass is 16.2. The Morgan fingerprint density at radius 2 is 1.06 bits per heavy atom. The summed E-state index contributed by atoms with van der Waals surface area (Å²) in [5.74, 6) is -2.10. The van der Waals surface area contributed by atoms with E-state index in [2.05, 4.69) is 0 Å². The van der Waals surface area contributed by atoms with Gasteiger partial charge in [-0.05, 0) is 0 Å². The van der Waals surface area contributed by atoms with Crippen LogP contribution >= 0.6 is 0 Å². The highest BCUT2D eigenvalue weighted by Gasteiger charge is 2.37. The minimum atomic E-state index is -0.562. The van der Waals surface area contributed by atoms with Gasteiger partial charge in [0.25, 0.3) is 23.6 Å². The van der Waals surface area contributed by atoms with Crippen LogP contribution in [-0.2, 0) is 19.2 Å². The minimum Gasteiger partial charge on any atom is -0.278 e. The first kappa shape index (κ1) is 10.3. The molecular weight excluding hydrogens is 212 g/mol. The van der Waals surface area contributed by atoms with Crippen molar-refractivity contribution in [1.82, 2.24) is 9.80 Å². The predicted octanol–water partition coefficient (Wildman–Crippen LogP) is -1.16. The van der Waals surface area contributed by atoms with Crippen molar-refractivity contribution in [2.24, 2.45) is 0 Å². The zero-order chi connectivity index (χ0) is 12.0. The summed E-state index contributed by atoms with van der Waals surface area (Å²) in [6, 6.07) is 0. The Morgan fingerprint density at radius 3 is 1.25 bits per heavy atom. The van der Waals surface area contributed by atoms with Crippen LogP contribution in [0.3, 0.4) is 0 Å². The van der Waals surface area contributed by atoms with Gasteiger partial charge in [0.2, 0.25) is 0 Å². The lowest BCUT2D eigenvalue weighted by Crippen LogP contribution is -2.29. The molecule has 0 unspecified atom stereocenters. The second-order valence-corrected chi connectivity index (χ2v) is 3.52. The van der Waals surface area contributed by atoms with Crippen molar-refractivity contribution in [3.8, 4) is 0 Å². The number of hydrogen-bond acceptors (Lipinski definition) is 4. The molecule has 2 aliphatic rings. The molecule has 0 spiro atoms. The van der Waals surface area contributed by atoms with E-state index in [4.69, 9.17) is 0 Å². The van der Waals surface area contributed by atoms with Crippen LogP contribution in [0.5, 0.6) is 0 Å². The number of likely N-dealkylation sites (N-methyl/N-ethyl adjacent to an activating group) is 2. The molecule has 0 aromatic rings. The molecule has 0 aliphatic carbocycles. The van der Waals surface area contributed by atoms with Gasteiger partial charge in [0.1, 0.15) is 0 Å². The average Bonchev–Trinajstić information content (AvgIpc) is 2.64. The Hall–Kier alpha value is -2.24. The molecule has 0 aromatic carbocycles. The van der Waals surface area contributed by atoms with Crippen LogP contribution in [0.4, 0.5) is 0 Å². The van der Waals surface area contributed by atoms with Crippen molar-refractivity contribution in [2.75, 3.05) is 14.1 Å². The lowest BCUT2D eigenvalue weighted by atomic mass is 10.1. The van der Waals surface area contributed by atoms with Crippen molar-refractivity contribution in [2.45, 2.75) is 0 Å². The maximum Gasteiger partial charge on any atom is 0.261 e. The molecule has 0 radical (unpaired) electrons. The fourth-order valence-corrected chi connectivity index (χ4v) is 1.51. The van der Waals surface area contributed by atoms with Crippen LogP contribution in [0.15, 0.2) is 23.3 Å². The summed E-state index contributed by atoms with van der Waals surface area (Å²) in [6.45, 7) is 0. The highest BCUT2D eigenvalue weighted by Crippen LogP contribution is 2.24. The summed E-state index contributed by atoms with van der Waals surface area (Å²) >= 11 is 0. The fraction of sp³-hybridized carbons (Fsp3) is 0.200. The maximum absolute atomic E-state index is 11.6. The van der Waals surface area contributed by atoms with Gasteiger partial charge in [-0.1, -0.05) is 0 Å². The topological polar surface area (TPSA) is 74.8 Å². The van der Waals surface area contributed by atoms with Gasteiger partial charge >= 0.3 is 0 Å². The molecule has 0 fully saturated rings. The molecule has 2 heterocycles. The van der Waals surface area contributed by atoms with Crippen LogP contribution in [0.2, 0.25) is 0 Å². The lowest BCUT2D eigenvalue weighted by Gasteiger charge is -2.08. The summed E-state index contributed by atoms with van der Waals surface area (Å²) in [6.07, 6.45) is 2.14. The van der Waals surface area contributed by atoms with Gasteiger partial charge < -0.3 is 0 Å². The van der Waals surface area contributed by atoms with Crippen molar-refractivity contribution in [3.63, 3.8) is 0 Å². The summed E-state index contributed by atoms with van der Waals surface area (Å²) in [4.78, 5) is 47.4. The number of carbonyl (C=O) groups is 4. The Morgan fingerprint density at radius 1 is 0.750 bits per heavy atom. The van der Waals surface area contributed by atoms with Crippen LogP contribution in [0.1, 0.15) is 0 Å². The quantitative estimate of drug-likeness (QED) is 0.522. The largest absolute Gasteiger partial charge is 0.278 e. The molecule has 4 amide bonds. The third-order valence-electron chi connectivity index (χ3n) is 2.56. The summed E-state index contributed by atoms with van der Waals surface area (Å²) in [5.41, 5.74) is -0.0367. The van der Waals surface area contributed by atoms with Crippen molar-refractivity contribution < 1.29 is 19.2 Å². The first-order chi connectivity index (χ1) is 7.43. The standard InChI is InChI=1S/C10H8N2O4/c1-11-7(13)3-5(9(11)15)6-4-8(14)12(2)10(6)16/h3-4H,1-2H3. The SMILES string of the molecule is CN1C(=O)C=C(C2=CC(=O)N(C)C2=O)C1=O.